The minimum Gasteiger partial charge on any atom is -0.362 e. The Morgan fingerprint density at radius 1 is 1.03 bits per heavy atom. The van der Waals surface area contributed by atoms with Crippen molar-refractivity contribution >= 4 is 23.2 Å². The van der Waals surface area contributed by atoms with Crippen molar-refractivity contribution in [2.45, 2.75) is 12.5 Å². The van der Waals surface area contributed by atoms with Crippen LogP contribution in [0.15, 0.2) is 73.1 Å². The second-order valence-electron chi connectivity index (χ2n) is 7.05. The molecule has 7 heteroatoms. The van der Waals surface area contributed by atoms with Crippen molar-refractivity contribution in [3.05, 3.63) is 90.0 Å². The van der Waals surface area contributed by atoms with Gasteiger partial charge in [-0.15, -0.1) is 0 Å². The van der Waals surface area contributed by atoms with E-state index in [2.05, 4.69) is 32.7 Å². The van der Waals surface area contributed by atoms with E-state index in [1.54, 1.807) is 12.4 Å². The molecular weight excluding hydrogens is 383 g/mol. The summed E-state index contributed by atoms with van der Waals surface area (Å²) in [5.74, 6) is -1.96. The third-order valence-electron chi connectivity index (χ3n) is 5.13. The molecule has 0 saturated carbocycles. The van der Waals surface area contributed by atoms with Crippen LogP contribution in [0.3, 0.4) is 0 Å². The Balaban J connectivity index is 1.47. The molecule has 152 valence electrons. The van der Waals surface area contributed by atoms with Crippen LogP contribution in [-0.4, -0.2) is 29.9 Å². The number of aromatic nitrogens is 1. The summed E-state index contributed by atoms with van der Waals surface area (Å²) in [4.78, 5) is 31.0. The Labute approximate surface area is 173 Å². The van der Waals surface area contributed by atoms with Crippen LogP contribution in [0.25, 0.3) is 0 Å². The van der Waals surface area contributed by atoms with Crippen molar-refractivity contribution in [3.63, 3.8) is 0 Å². The highest BCUT2D eigenvalue weighted by Gasteiger charge is 2.28. The number of halogens is 1. The topological polar surface area (TPSA) is 74.3 Å². The number of fused-ring (bicyclic) bond motifs is 1. The summed E-state index contributed by atoms with van der Waals surface area (Å²) in [5.41, 5.74) is 3.69. The largest absolute Gasteiger partial charge is 0.362 e. The van der Waals surface area contributed by atoms with Gasteiger partial charge in [0.05, 0.1) is 6.04 Å². The first kappa shape index (κ1) is 19.6. The fourth-order valence-electron chi connectivity index (χ4n) is 3.66. The predicted octanol–water partition coefficient (Wildman–Crippen LogP) is 3.08. The van der Waals surface area contributed by atoms with Crippen LogP contribution >= 0.6 is 0 Å². The van der Waals surface area contributed by atoms with E-state index in [9.17, 15) is 14.0 Å². The van der Waals surface area contributed by atoms with Crippen molar-refractivity contribution < 1.29 is 14.0 Å². The fourth-order valence-corrected chi connectivity index (χ4v) is 3.66. The van der Waals surface area contributed by atoms with Gasteiger partial charge in [-0.1, -0.05) is 24.3 Å². The van der Waals surface area contributed by atoms with Gasteiger partial charge in [0.2, 0.25) is 0 Å². The van der Waals surface area contributed by atoms with Gasteiger partial charge >= 0.3 is 11.8 Å². The molecule has 1 unspecified atom stereocenters. The Morgan fingerprint density at radius 3 is 2.60 bits per heavy atom. The third kappa shape index (κ3) is 4.30. The number of nitrogens with one attached hydrogen (secondary N) is 2. The molecule has 2 heterocycles. The molecule has 0 saturated heterocycles. The molecule has 2 amide bonds. The number of benzene rings is 2. The number of anilines is 2. The molecule has 0 bridgehead atoms. The first-order chi connectivity index (χ1) is 14.6. The molecule has 0 fully saturated rings. The van der Waals surface area contributed by atoms with Crippen LogP contribution in [0.5, 0.6) is 0 Å². The van der Waals surface area contributed by atoms with Crippen LogP contribution < -0.4 is 15.5 Å². The Bertz CT molecular complexity index is 1040. The molecule has 2 N–H and O–H groups in total. The smallest absolute Gasteiger partial charge is 0.313 e. The lowest BCUT2D eigenvalue weighted by atomic mass is 10.1. The maximum absolute atomic E-state index is 13.0. The van der Waals surface area contributed by atoms with Crippen molar-refractivity contribution in [3.8, 4) is 0 Å². The highest BCUT2D eigenvalue weighted by atomic mass is 19.1. The minimum atomic E-state index is -0.798. The van der Waals surface area contributed by atoms with Crippen LogP contribution in [0.4, 0.5) is 15.8 Å². The lowest BCUT2D eigenvalue weighted by Crippen LogP contribution is -2.41. The number of hydrogen-bond donors (Lipinski definition) is 2. The number of nitrogens with zero attached hydrogens (tertiary/aromatic N) is 2. The Morgan fingerprint density at radius 2 is 1.83 bits per heavy atom. The molecule has 3 aromatic rings. The zero-order valence-corrected chi connectivity index (χ0v) is 16.2. The summed E-state index contributed by atoms with van der Waals surface area (Å²) < 4.78 is 13.0. The highest BCUT2D eigenvalue weighted by Crippen LogP contribution is 2.34. The molecule has 4 rings (SSSR count). The molecule has 30 heavy (non-hydrogen) atoms. The number of carbonyl (C=O) groups is 2. The summed E-state index contributed by atoms with van der Waals surface area (Å²) in [6.45, 7) is 1.06. The molecule has 0 spiro atoms. The average Bonchev–Trinajstić information content (AvgIpc) is 3.20. The monoisotopic (exact) mass is 404 g/mol. The zero-order chi connectivity index (χ0) is 20.9. The third-order valence-corrected chi connectivity index (χ3v) is 5.13. The van der Waals surface area contributed by atoms with E-state index in [0.717, 1.165) is 24.2 Å². The van der Waals surface area contributed by atoms with Crippen molar-refractivity contribution in [1.29, 1.82) is 0 Å². The molecule has 1 atom stereocenters. The van der Waals surface area contributed by atoms with E-state index >= 15 is 0 Å². The summed E-state index contributed by atoms with van der Waals surface area (Å²) in [5, 5.41) is 5.20. The van der Waals surface area contributed by atoms with Gasteiger partial charge in [0, 0.05) is 36.9 Å². The normalized spacial score (nSPS) is 13.4. The van der Waals surface area contributed by atoms with E-state index < -0.39 is 17.6 Å². The number of hydrogen-bond acceptors (Lipinski definition) is 4. The summed E-state index contributed by atoms with van der Waals surface area (Å²) in [6, 6.07) is 17.1. The van der Waals surface area contributed by atoms with Gasteiger partial charge in [0.25, 0.3) is 0 Å². The molecule has 0 radical (unpaired) electrons. The average molecular weight is 404 g/mol. The van der Waals surface area contributed by atoms with Gasteiger partial charge in [-0.2, -0.15) is 0 Å². The predicted molar refractivity (Wildman–Crippen MR) is 113 cm³/mol. The molecule has 1 aromatic heterocycles. The SMILES string of the molecule is O=C(NCC(c1cccnc1)N1CCc2ccccc21)C(=O)Nc1ccc(F)cc1. The number of pyridine rings is 1. The van der Waals surface area contributed by atoms with Crippen LogP contribution in [0, 0.1) is 5.82 Å². The highest BCUT2D eigenvalue weighted by molar-refractivity contribution is 6.39. The fraction of sp³-hybridized carbons (Fsp3) is 0.174. The van der Waals surface area contributed by atoms with Crippen molar-refractivity contribution in [2.75, 3.05) is 23.3 Å². The second kappa shape index (κ2) is 8.73. The lowest BCUT2D eigenvalue weighted by molar-refractivity contribution is -0.136. The molecule has 6 nitrogen and oxygen atoms in total. The zero-order valence-electron chi connectivity index (χ0n) is 16.2. The van der Waals surface area contributed by atoms with E-state index in [1.807, 2.05) is 24.3 Å². The summed E-state index contributed by atoms with van der Waals surface area (Å²) in [7, 11) is 0. The standard InChI is InChI=1S/C23H21FN4O2/c24-18-7-9-19(10-8-18)27-23(30)22(29)26-15-21(17-5-3-12-25-14-17)28-13-11-16-4-1-2-6-20(16)28/h1-10,12,14,21H,11,13,15H2,(H,26,29)(H,27,30). The number of para-hydroxylation sites is 1. The van der Waals surface area contributed by atoms with Gasteiger partial charge in [-0.25, -0.2) is 4.39 Å². The molecule has 1 aliphatic heterocycles. The van der Waals surface area contributed by atoms with Gasteiger partial charge in [0.1, 0.15) is 5.82 Å². The van der Waals surface area contributed by atoms with E-state index in [4.69, 9.17) is 0 Å². The Hall–Kier alpha value is -3.74. The number of carbonyl (C=O) groups excluding carboxylic acids is 2. The molecule has 0 aliphatic carbocycles. The number of amides is 2. The van der Waals surface area contributed by atoms with Crippen molar-refractivity contribution in [2.24, 2.45) is 0 Å². The molecular formula is C23H21FN4O2. The first-order valence-electron chi connectivity index (χ1n) is 9.71. The summed E-state index contributed by atoms with van der Waals surface area (Å²) in [6.07, 6.45) is 4.40. The minimum absolute atomic E-state index is 0.162. The van der Waals surface area contributed by atoms with Gasteiger partial charge < -0.3 is 15.5 Å². The Kier molecular flexibility index (Phi) is 5.70. The second-order valence-corrected chi connectivity index (χ2v) is 7.05. The lowest BCUT2D eigenvalue weighted by Gasteiger charge is -2.30. The molecule has 1 aliphatic rings. The van der Waals surface area contributed by atoms with Crippen molar-refractivity contribution in [1.82, 2.24) is 10.3 Å². The van der Waals surface area contributed by atoms with Gasteiger partial charge in [0.15, 0.2) is 0 Å². The van der Waals surface area contributed by atoms with E-state index in [1.165, 1.54) is 29.8 Å². The van der Waals surface area contributed by atoms with Gasteiger partial charge in [-0.3, -0.25) is 14.6 Å². The van der Waals surface area contributed by atoms with Gasteiger partial charge in [-0.05, 0) is 53.9 Å². The maximum atomic E-state index is 13.0. The van der Waals surface area contributed by atoms with Crippen LogP contribution in [0.1, 0.15) is 17.2 Å². The van der Waals surface area contributed by atoms with Crippen LogP contribution in [0.2, 0.25) is 0 Å². The molecule has 2 aromatic carbocycles. The van der Waals surface area contributed by atoms with Crippen LogP contribution in [-0.2, 0) is 16.0 Å². The quantitative estimate of drug-likeness (QED) is 0.641. The first-order valence-corrected chi connectivity index (χ1v) is 9.71. The maximum Gasteiger partial charge on any atom is 0.313 e. The van der Waals surface area contributed by atoms with E-state index in [-0.39, 0.29) is 12.6 Å². The number of rotatable bonds is 5. The van der Waals surface area contributed by atoms with E-state index in [0.29, 0.717) is 5.69 Å². The summed E-state index contributed by atoms with van der Waals surface area (Å²) >= 11 is 0.